The van der Waals surface area contributed by atoms with Crippen LogP contribution in [-0.2, 0) is 28.7 Å². The number of anilines is 1. The van der Waals surface area contributed by atoms with Gasteiger partial charge in [-0.3, -0.25) is 9.78 Å². The van der Waals surface area contributed by atoms with Gasteiger partial charge in [0.05, 0.1) is 22.8 Å². The summed E-state index contributed by atoms with van der Waals surface area (Å²) in [6.07, 6.45) is -3.15. The lowest BCUT2D eigenvalue weighted by molar-refractivity contribution is -0.137. The van der Waals surface area contributed by atoms with E-state index in [0.717, 1.165) is 17.7 Å². The summed E-state index contributed by atoms with van der Waals surface area (Å²) >= 11 is 5.61. The molecule has 0 radical (unpaired) electrons. The summed E-state index contributed by atoms with van der Waals surface area (Å²) in [6, 6.07) is 13.7. The third-order valence-corrected chi connectivity index (χ3v) is 5.29. The van der Waals surface area contributed by atoms with E-state index >= 15 is 0 Å². The molecule has 0 unspecified atom stereocenters. The lowest BCUT2D eigenvalue weighted by atomic mass is 10.1. The monoisotopic (exact) mass is 549 g/mol. The van der Waals surface area contributed by atoms with Gasteiger partial charge >= 0.3 is 12.3 Å². The van der Waals surface area contributed by atoms with Crippen LogP contribution in [0.3, 0.4) is 0 Å². The number of rotatable bonds is 8. The number of alkyl carbamates (subject to hydrolysis) is 1. The molecule has 11 heteroatoms. The molecule has 202 valence electrons. The second-order valence-electron chi connectivity index (χ2n) is 9.32. The number of nitrogens with one attached hydrogen (secondary N) is 2. The van der Waals surface area contributed by atoms with Crippen LogP contribution in [0.25, 0.3) is 0 Å². The quantitative estimate of drug-likeness (QED) is 0.312. The number of amides is 2. The summed E-state index contributed by atoms with van der Waals surface area (Å²) in [5, 5.41) is 4.67. The molecule has 3 rings (SSSR count). The maximum Gasteiger partial charge on any atom is 0.417 e. The minimum absolute atomic E-state index is 0.0217. The molecule has 2 amide bonds. The van der Waals surface area contributed by atoms with E-state index in [2.05, 4.69) is 15.6 Å². The Morgan fingerprint density at radius 2 is 1.68 bits per heavy atom. The molecule has 0 spiro atoms. The molecule has 0 aliphatic carbocycles. The first-order chi connectivity index (χ1) is 17.8. The van der Waals surface area contributed by atoms with Crippen LogP contribution in [0.5, 0.6) is 11.5 Å². The number of ether oxygens (including phenoxy) is 2. The number of carbonyl (C=O) groups is 2. The number of pyridine rings is 1. The molecule has 3 aromatic rings. The van der Waals surface area contributed by atoms with E-state index in [4.69, 9.17) is 21.1 Å². The van der Waals surface area contributed by atoms with Gasteiger partial charge in [0.25, 0.3) is 0 Å². The van der Waals surface area contributed by atoms with Gasteiger partial charge in [0.15, 0.2) is 0 Å². The topological polar surface area (TPSA) is 89.5 Å². The van der Waals surface area contributed by atoms with Crippen molar-refractivity contribution < 1.29 is 32.2 Å². The normalized spacial score (nSPS) is 11.6. The van der Waals surface area contributed by atoms with Crippen molar-refractivity contribution in [3.63, 3.8) is 0 Å². The summed E-state index contributed by atoms with van der Waals surface area (Å²) in [5.41, 5.74) is -0.159. The van der Waals surface area contributed by atoms with E-state index in [1.54, 1.807) is 63.4 Å². The van der Waals surface area contributed by atoms with E-state index in [9.17, 15) is 22.8 Å². The number of benzene rings is 2. The lowest BCUT2D eigenvalue weighted by Gasteiger charge is -2.19. The van der Waals surface area contributed by atoms with Gasteiger partial charge in [-0.1, -0.05) is 23.7 Å². The largest absolute Gasteiger partial charge is 0.457 e. The Morgan fingerprint density at radius 1 is 0.974 bits per heavy atom. The maximum atomic E-state index is 13.0. The van der Waals surface area contributed by atoms with Gasteiger partial charge in [-0.2, -0.15) is 13.2 Å². The Morgan fingerprint density at radius 3 is 2.34 bits per heavy atom. The number of aryl methyl sites for hydroxylation is 1. The predicted octanol–water partition coefficient (Wildman–Crippen LogP) is 7.14. The van der Waals surface area contributed by atoms with E-state index < -0.39 is 34.4 Å². The smallest absolute Gasteiger partial charge is 0.417 e. The second kappa shape index (κ2) is 12.2. The molecular weight excluding hydrogens is 523 g/mol. The zero-order valence-electron chi connectivity index (χ0n) is 21.0. The van der Waals surface area contributed by atoms with Gasteiger partial charge in [0.1, 0.15) is 17.1 Å². The molecule has 38 heavy (non-hydrogen) atoms. The lowest BCUT2D eigenvalue weighted by Crippen LogP contribution is -2.32. The molecule has 0 fully saturated rings. The van der Waals surface area contributed by atoms with Crippen molar-refractivity contribution >= 4 is 29.3 Å². The van der Waals surface area contributed by atoms with Crippen molar-refractivity contribution in [2.24, 2.45) is 0 Å². The molecular formula is C27H27ClF3N3O4. The van der Waals surface area contributed by atoms with Gasteiger partial charge in [-0.15, -0.1) is 0 Å². The Kier molecular flexibility index (Phi) is 9.22. The molecule has 2 N–H and O–H groups in total. The van der Waals surface area contributed by atoms with E-state index in [1.807, 2.05) is 0 Å². The second-order valence-corrected chi connectivity index (χ2v) is 9.73. The van der Waals surface area contributed by atoms with Gasteiger partial charge in [0, 0.05) is 24.4 Å². The number of nitrogens with zero attached hydrogens (tertiary/aromatic N) is 1. The first kappa shape index (κ1) is 28.8. The van der Waals surface area contributed by atoms with Crippen molar-refractivity contribution in [3.05, 3.63) is 82.6 Å². The molecule has 0 bridgehead atoms. The first-order valence-electron chi connectivity index (χ1n) is 11.6. The highest BCUT2D eigenvalue weighted by atomic mass is 35.5. The van der Waals surface area contributed by atoms with Crippen LogP contribution in [0, 0.1) is 0 Å². The van der Waals surface area contributed by atoms with E-state index in [0.29, 0.717) is 23.6 Å². The number of hydrogen-bond acceptors (Lipinski definition) is 5. The number of aromatic nitrogens is 1. The zero-order chi connectivity index (χ0) is 27.9. The van der Waals surface area contributed by atoms with Crippen molar-refractivity contribution in [1.82, 2.24) is 10.3 Å². The summed E-state index contributed by atoms with van der Waals surface area (Å²) in [6.45, 7) is 5.49. The van der Waals surface area contributed by atoms with Gasteiger partial charge in [-0.05, 0) is 69.2 Å². The highest BCUT2D eigenvalue weighted by Gasteiger charge is 2.33. The molecule has 0 saturated heterocycles. The van der Waals surface area contributed by atoms with Crippen molar-refractivity contribution in [2.75, 3.05) is 5.32 Å². The van der Waals surface area contributed by atoms with Crippen LogP contribution in [0.4, 0.5) is 23.7 Å². The maximum absolute atomic E-state index is 13.0. The molecule has 7 nitrogen and oxygen atoms in total. The van der Waals surface area contributed by atoms with Crippen molar-refractivity contribution in [3.8, 4) is 11.5 Å². The first-order valence-corrected chi connectivity index (χ1v) is 12.0. The van der Waals surface area contributed by atoms with Crippen LogP contribution in [0.15, 0.2) is 60.8 Å². The third kappa shape index (κ3) is 9.26. The molecule has 2 aromatic carbocycles. The Hall–Kier alpha value is -3.79. The molecule has 1 aromatic heterocycles. The average Bonchev–Trinajstić information content (AvgIpc) is 2.82. The molecule has 1 heterocycles. The van der Waals surface area contributed by atoms with Gasteiger partial charge in [0.2, 0.25) is 5.91 Å². The highest BCUT2D eigenvalue weighted by Crippen LogP contribution is 2.36. The number of halogens is 4. The number of alkyl halides is 3. The Labute approximate surface area is 223 Å². The zero-order valence-corrected chi connectivity index (χ0v) is 21.7. The van der Waals surface area contributed by atoms with Crippen molar-refractivity contribution in [1.29, 1.82) is 0 Å². The van der Waals surface area contributed by atoms with Gasteiger partial charge in [-0.25, -0.2) is 4.79 Å². The minimum atomic E-state index is -4.61. The van der Waals surface area contributed by atoms with E-state index in [1.165, 1.54) is 6.07 Å². The van der Waals surface area contributed by atoms with Crippen LogP contribution in [-0.4, -0.2) is 22.6 Å². The van der Waals surface area contributed by atoms with E-state index in [-0.39, 0.29) is 18.7 Å². The fourth-order valence-corrected chi connectivity index (χ4v) is 3.48. The van der Waals surface area contributed by atoms with Crippen molar-refractivity contribution in [2.45, 2.75) is 51.9 Å². The average molecular weight is 550 g/mol. The molecule has 0 aliphatic heterocycles. The summed E-state index contributed by atoms with van der Waals surface area (Å²) in [7, 11) is 0. The van der Waals surface area contributed by atoms with Gasteiger partial charge < -0.3 is 20.1 Å². The summed E-state index contributed by atoms with van der Waals surface area (Å²) < 4.78 is 50.1. The third-order valence-electron chi connectivity index (χ3n) is 4.96. The summed E-state index contributed by atoms with van der Waals surface area (Å²) in [5.74, 6) is 0.649. The fourth-order valence-electron chi connectivity index (χ4n) is 3.25. The van der Waals surface area contributed by atoms with Crippen LogP contribution in [0.2, 0.25) is 5.02 Å². The molecule has 0 atom stereocenters. The molecule has 0 saturated carbocycles. The predicted molar refractivity (Wildman–Crippen MR) is 137 cm³/mol. The van der Waals surface area contributed by atoms with Crippen LogP contribution < -0.4 is 15.4 Å². The highest BCUT2D eigenvalue weighted by molar-refractivity contribution is 6.31. The SMILES string of the molecule is CC(C)(C)OC(=O)NCc1cc(Oc2ccc(CCC(=O)Nc3ccc(Cl)c(C(F)(F)F)c3)cc2)ccn1. The Balaban J connectivity index is 1.50. The van der Waals surface area contributed by atoms with Crippen LogP contribution in [0.1, 0.15) is 44.0 Å². The summed E-state index contributed by atoms with van der Waals surface area (Å²) in [4.78, 5) is 28.3. The number of hydrogen-bond donors (Lipinski definition) is 2. The molecule has 0 aliphatic rings. The number of carbonyl (C=O) groups excluding carboxylic acids is 2. The standard InChI is InChI=1S/C27H27ClF3N3O4/c1-26(2,3)38-25(36)33-16-19-14-21(12-13-32-19)37-20-8-4-17(5-9-20)6-11-24(35)34-18-7-10-23(28)22(15-18)27(29,30)31/h4-5,7-10,12-15H,6,11,16H2,1-3H3,(H,33,36)(H,34,35). The Bertz CT molecular complexity index is 1280. The fraction of sp³-hybridized carbons (Fsp3) is 0.296. The van der Waals surface area contributed by atoms with Crippen LogP contribution >= 0.6 is 11.6 Å². The minimum Gasteiger partial charge on any atom is -0.457 e.